The number of fused-ring (bicyclic) bond motifs is 2. The number of halogens is 2. The van der Waals surface area contributed by atoms with E-state index in [2.05, 4.69) is 21.8 Å². The molecule has 11 heteroatoms. The lowest BCUT2D eigenvalue weighted by molar-refractivity contribution is -0.115. The van der Waals surface area contributed by atoms with Crippen LogP contribution in [0.5, 0.6) is 11.5 Å². The largest absolute Gasteiger partial charge is 0.495 e. The maximum Gasteiger partial charge on any atom is 0.165 e. The third-order valence-corrected chi connectivity index (χ3v) is 8.61. The number of piperidine rings is 1. The van der Waals surface area contributed by atoms with Gasteiger partial charge in [0.25, 0.3) is 0 Å². The minimum absolute atomic E-state index is 0.00563. The number of rotatable bonds is 9. The molecular formula is C28H29Cl2N5O4. The minimum Gasteiger partial charge on any atom is -0.495 e. The molecule has 3 aromatic rings. The van der Waals surface area contributed by atoms with Gasteiger partial charge >= 0.3 is 0 Å². The number of methoxy groups -OCH3 is 2. The zero-order chi connectivity index (χ0) is 27.3. The topological polar surface area (TPSA) is 98.7 Å². The van der Waals surface area contributed by atoms with Crippen LogP contribution in [0.4, 0.5) is 11.6 Å². The van der Waals surface area contributed by atoms with Crippen LogP contribution in [0.25, 0.3) is 22.3 Å². The summed E-state index contributed by atoms with van der Waals surface area (Å²) >= 11 is 13.5. The van der Waals surface area contributed by atoms with E-state index in [1.54, 1.807) is 12.3 Å². The van der Waals surface area contributed by atoms with Crippen LogP contribution in [0.2, 0.25) is 10.0 Å². The van der Waals surface area contributed by atoms with Gasteiger partial charge in [0, 0.05) is 36.9 Å². The number of carbonyl (C=O) groups excluding carboxylic acids is 1. The summed E-state index contributed by atoms with van der Waals surface area (Å²) in [5.41, 5.74) is 1.11. The Labute approximate surface area is 236 Å². The molecule has 1 aliphatic carbocycles. The van der Waals surface area contributed by atoms with Crippen LogP contribution in [0, 0.1) is 17.8 Å². The maximum atomic E-state index is 12.0. The highest BCUT2D eigenvalue weighted by molar-refractivity contribution is 6.41. The molecule has 2 unspecified atom stereocenters. The molecule has 2 aromatic heterocycles. The first-order chi connectivity index (χ1) is 18.9. The lowest BCUT2D eigenvalue weighted by Gasteiger charge is -2.23. The van der Waals surface area contributed by atoms with Gasteiger partial charge in [-0.3, -0.25) is 4.79 Å². The number of ether oxygens (including phenoxy) is 3. The Morgan fingerprint density at radius 3 is 2.54 bits per heavy atom. The zero-order valence-electron chi connectivity index (χ0n) is 21.7. The van der Waals surface area contributed by atoms with Crippen molar-refractivity contribution in [3.05, 3.63) is 41.0 Å². The summed E-state index contributed by atoms with van der Waals surface area (Å²) in [6, 6.07) is 3.58. The van der Waals surface area contributed by atoms with E-state index in [1.807, 2.05) is 6.07 Å². The Morgan fingerprint density at radius 1 is 1.15 bits per heavy atom. The van der Waals surface area contributed by atoms with Crippen LogP contribution in [0.3, 0.4) is 0 Å². The number of hydrogen-bond donors (Lipinski definition) is 1. The van der Waals surface area contributed by atoms with Crippen molar-refractivity contribution in [2.45, 2.75) is 18.9 Å². The summed E-state index contributed by atoms with van der Waals surface area (Å²) in [4.78, 5) is 28.8. The Bertz CT molecular complexity index is 1430. The number of anilines is 2. The van der Waals surface area contributed by atoms with Crippen molar-refractivity contribution in [3.63, 3.8) is 0 Å². The molecule has 0 amide bonds. The molecule has 2 saturated heterocycles. The van der Waals surface area contributed by atoms with Gasteiger partial charge in [-0.25, -0.2) is 15.0 Å². The summed E-state index contributed by atoms with van der Waals surface area (Å²) in [5.74, 6) is 4.14. The van der Waals surface area contributed by atoms with Gasteiger partial charge in [-0.2, -0.15) is 0 Å². The molecule has 204 valence electrons. The van der Waals surface area contributed by atoms with Crippen molar-refractivity contribution < 1.29 is 19.0 Å². The Kier molecular flexibility index (Phi) is 6.99. The fraction of sp³-hybridized carbons (Fsp3) is 0.429. The third kappa shape index (κ3) is 4.88. The SMILES string of the molecule is C=CC(=O)C[C@H]1COC[C@H]1Nc1cc2c(N3CC4CC4C3)nc(-c3c(Cl)c(OC)cc(OC)c3Cl)nc2cn1. The van der Waals surface area contributed by atoms with E-state index in [1.165, 1.54) is 26.7 Å². The molecule has 0 radical (unpaired) electrons. The standard InChI is InChI=1S/C28H29Cl2N5O4/c1-4-17(36)6-16-12-39-13-20(16)32-23-7-18-19(9-31-23)33-27(34-28(18)35-10-14-5-15(14)11-35)24-25(29)21(37-2)8-22(38-3)26(24)30/h4,7-9,14-16,20H,1,5-6,10-13H2,2-3H3,(H,31,32)/t14?,15?,16-,20+/m0/s1. The van der Waals surface area contributed by atoms with Gasteiger partial charge in [0.1, 0.15) is 23.1 Å². The van der Waals surface area contributed by atoms with E-state index in [9.17, 15) is 4.79 Å². The van der Waals surface area contributed by atoms with Crippen molar-refractivity contribution in [1.82, 2.24) is 15.0 Å². The van der Waals surface area contributed by atoms with E-state index in [0.717, 1.165) is 24.3 Å². The van der Waals surface area contributed by atoms with Crippen LogP contribution < -0.4 is 19.7 Å². The van der Waals surface area contributed by atoms with Crippen LogP contribution in [0.1, 0.15) is 12.8 Å². The quantitative estimate of drug-likeness (QED) is 0.355. The van der Waals surface area contributed by atoms with Crippen molar-refractivity contribution in [2.75, 3.05) is 50.7 Å². The van der Waals surface area contributed by atoms with Gasteiger partial charge in [0.05, 0.1) is 60.8 Å². The van der Waals surface area contributed by atoms with Crippen LogP contribution >= 0.6 is 23.2 Å². The summed E-state index contributed by atoms with van der Waals surface area (Å²) < 4.78 is 16.6. The number of ketones is 1. The molecule has 39 heavy (non-hydrogen) atoms. The lowest BCUT2D eigenvalue weighted by atomic mass is 9.97. The smallest absolute Gasteiger partial charge is 0.165 e. The van der Waals surface area contributed by atoms with Crippen LogP contribution in [-0.2, 0) is 9.53 Å². The fourth-order valence-corrected chi connectivity index (χ4v) is 6.26. The molecule has 2 aliphatic heterocycles. The molecule has 9 nitrogen and oxygen atoms in total. The molecule has 4 heterocycles. The first kappa shape index (κ1) is 26.1. The lowest BCUT2D eigenvalue weighted by Crippen LogP contribution is -2.29. The first-order valence-corrected chi connectivity index (χ1v) is 13.7. The summed E-state index contributed by atoms with van der Waals surface area (Å²) in [6.45, 7) is 6.48. The number of carbonyl (C=O) groups is 1. The zero-order valence-corrected chi connectivity index (χ0v) is 23.3. The van der Waals surface area contributed by atoms with Crippen molar-refractivity contribution in [3.8, 4) is 22.9 Å². The average molecular weight is 570 g/mol. The second-order valence-electron chi connectivity index (χ2n) is 10.3. The van der Waals surface area contributed by atoms with Gasteiger partial charge in [0.15, 0.2) is 11.6 Å². The maximum absolute atomic E-state index is 12.0. The van der Waals surface area contributed by atoms with Gasteiger partial charge < -0.3 is 24.4 Å². The molecule has 0 spiro atoms. The Balaban J connectivity index is 1.42. The van der Waals surface area contributed by atoms with Gasteiger partial charge in [-0.1, -0.05) is 29.8 Å². The number of nitrogens with one attached hydrogen (secondary N) is 1. The van der Waals surface area contributed by atoms with E-state index in [0.29, 0.717) is 75.7 Å². The molecule has 0 bridgehead atoms. The van der Waals surface area contributed by atoms with E-state index < -0.39 is 0 Å². The molecule has 6 rings (SSSR count). The minimum atomic E-state index is -0.0382. The van der Waals surface area contributed by atoms with E-state index in [-0.39, 0.29) is 17.7 Å². The van der Waals surface area contributed by atoms with E-state index >= 15 is 0 Å². The number of pyridine rings is 1. The van der Waals surface area contributed by atoms with Gasteiger partial charge in [-0.05, 0) is 30.4 Å². The predicted molar refractivity (Wildman–Crippen MR) is 151 cm³/mol. The highest BCUT2D eigenvalue weighted by atomic mass is 35.5. The number of benzene rings is 1. The predicted octanol–water partition coefficient (Wildman–Crippen LogP) is 5.04. The summed E-state index contributed by atoms with van der Waals surface area (Å²) in [5, 5.41) is 4.96. The Morgan fingerprint density at radius 2 is 1.87 bits per heavy atom. The number of aromatic nitrogens is 3. The second-order valence-corrected chi connectivity index (χ2v) is 11.1. The molecule has 1 saturated carbocycles. The van der Waals surface area contributed by atoms with E-state index in [4.69, 9.17) is 47.4 Å². The number of allylic oxidation sites excluding steroid dienone is 1. The van der Waals surface area contributed by atoms with Gasteiger partial charge in [0.2, 0.25) is 0 Å². The van der Waals surface area contributed by atoms with Crippen LogP contribution in [-0.4, -0.2) is 67.3 Å². The number of nitrogens with zero attached hydrogens (tertiary/aromatic N) is 4. The Hall–Kier alpha value is -3.14. The van der Waals surface area contributed by atoms with Crippen LogP contribution in [0.15, 0.2) is 31.0 Å². The van der Waals surface area contributed by atoms with Crippen molar-refractivity contribution in [1.29, 1.82) is 0 Å². The highest BCUT2D eigenvalue weighted by Gasteiger charge is 2.46. The van der Waals surface area contributed by atoms with Crippen molar-refractivity contribution >= 4 is 51.5 Å². The first-order valence-electron chi connectivity index (χ1n) is 12.9. The summed E-state index contributed by atoms with van der Waals surface area (Å²) in [6.07, 6.45) is 4.73. The summed E-state index contributed by atoms with van der Waals surface area (Å²) in [7, 11) is 3.07. The molecule has 1 N–H and O–H groups in total. The van der Waals surface area contributed by atoms with Crippen molar-refractivity contribution in [2.24, 2.45) is 17.8 Å². The highest BCUT2D eigenvalue weighted by Crippen LogP contribution is 2.49. The van der Waals surface area contributed by atoms with Gasteiger partial charge in [-0.15, -0.1) is 0 Å². The molecule has 3 aliphatic rings. The molecular weight excluding hydrogens is 541 g/mol. The molecule has 1 aromatic carbocycles. The third-order valence-electron chi connectivity index (χ3n) is 7.86. The molecule has 4 atom stereocenters. The second kappa shape index (κ2) is 10.4. The normalized spacial score (nSPS) is 23.5. The average Bonchev–Trinajstić information content (AvgIpc) is 3.31. The molecule has 3 fully saturated rings. The monoisotopic (exact) mass is 569 g/mol. The number of hydrogen-bond acceptors (Lipinski definition) is 9. The fourth-order valence-electron chi connectivity index (χ4n) is 5.59.